The Bertz CT molecular complexity index is 7510. The van der Waals surface area contributed by atoms with Crippen molar-refractivity contribution in [3.8, 4) is 11.8 Å². The maximum atomic E-state index is 15.0. The second kappa shape index (κ2) is 41.0. The normalized spacial score (nSPS) is 29.7. The van der Waals surface area contributed by atoms with Gasteiger partial charge in [0, 0.05) is 59.3 Å². The highest BCUT2D eigenvalue weighted by Crippen LogP contribution is 2.58. The third-order valence-electron chi connectivity index (χ3n) is 24.1. The van der Waals surface area contributed by atoms with Gasteiger partial charge < -0.3 is 121 Å². The van der Waals surface area contributed by atoms with Crippen molar-refractivity contribution in [1.82, 2.24) is 117 Å². The molecule has 18 rings (SSSR count). The van der Waals surface area contributed by atoms with E-state index < -0.39 is 266 Å². The number of aliphatic hydroxyl groups is 3. The molecule has 12 aromatic rings. The number of methoxy groups -OCH3 is 5. The molecule has 29 atom stereocenters. The largest absolute Gasteiger partial charge is 0.472 e. The van der Waals surface area contributed by atoms with Gasteiger partial charge in [-0.05, 0) is 52.0 Å². The summed E-state index contributed by atoms with van der Waals surface area (Å²) in [7, 11) is -23.7. The Balaban J connectivity index is 0.591. The molecule has 21 N–H and O–H groups in total. The van der Waals surface area contributed by atoms with Gasteiger partial charge in [0.15, 0.2) is 87.8 Å². The molecule has 6 aliphatic heterocycles. The Morgan fingerprint density at radius 2 is 0.651 bits per heavy atom. The third-order valence-corrected chi connectivity index (χ3v) is 29.0. The van der Waals surface area contributed by atoms with Crippen molar-refractivity contribution in [3.05, 3.63) is 137 Å². The number of nitrogen functional groups attached to an aromatic ring is 5. The van der Waals surface area contributed by atoms with Gasteiger partial charge in [-0.2, -0.15) is 45.1 Å². The van der Waals surface area contributed by atoms with Crippen molar-refractivity contribution in [2.45, 2.75) is 175 Å². The molecule has 0 aromatic carbocycles. The van der Waals surface area contributed by atoms with Crippen molar-refractivity contribution in [2.24, 2.45) is 0 Å². The van der Waals surface area contributed by atoms with Gasteiger partial charge >= 0.3 is 50.5 Å². The smallest absolute Gasteiger partial charge is 0.394 e. The molecule has 0 aliphatic carbocycles. The number of aromatic nitrogens is 24. The number of rotatable bonds is 39. The van der Waals surface area contributed by atoms with E-state index in [2.05, 4.69) is 70.0 Å². The quantitative estimate of drug-likeness (QED) is 0.0163. The fourth-order valence-corrected chi connectivity index (χ4v) is 22.5. The number of anilines is 5. The Hall–Kier alpha value is -11.2. The first-order valence-corrected chi connectivity index (χ1v) is 50.8. The highest BCUT2D eigenvalue weighted by molar-refractivity contribution is 7.48. The van der Waals surface area contributed by atoms with Gasteiger partial charge in [-0.3, -0.25) is 102 Å². The number of phosphoric ester groups is 5. The van der Waals surface area contributed by atoms with Crippen LogP contribution in [0.2, 0.25) is 0 Å². The zero-order valence-electron chi connectivity index (χ0n) is 77.1. The van der Waals surface area contributed by atoms with Gasteiger partial charge in [-0.25, -0.2) is 61.7 Å². The van der Waals surface area contributed by atoms with E-state index in [0.29, 0.717) is 22.8 Å². The van der Waals surface area contributed by atoms with Crippen LogP contribution in [0, 0.1) is 27.7 Å². The lowest BCUT2D eigenvalue weighted by molar-refractivity contribution is -0.0675. The predicted molar refractivity (Wildman–Crippen MR) is 482 cm³/mol. The Morgan fingerprint density at radius 3 is 0.966 bits per heavy atom. The number of fused-ring (bicyclic) bond motifs is 4. The summed E-state index contributed by atoms with van der Waals surface area (Å²) in [5.41, 5.74) is 25.8. The zero-order chi connectivity index (χ0) is 104. The molecule has 0 amide bonds. The molecule has 6 fully saturated rings. The van der Waals surface area contributed by atoms with Crippen LogP contribution in [0.15, 0.2) is 85.9 Å². The van der Waals surface area contributed by atoms with Gasteiger partial charge in [0.2, 0.25) is 17.8 Å². The first-order chi connectivity index (χ1) is 69.3. The van der Waals surface area contributed by atoms with E-state index in [0.717, 1.165) is 97.3 Å². The molecule has 6 saturated heterocycles. The highest BCUT2D eigenvalue weighted by Gasteiger charge is 2.59. The molecular weight excluding hydrogens is 2060 g/mol. The molecule has 146 heavy (non-hydrogen) atoms. The summed E-state index contributed by atoms with van der Waals surface area (Å²) in [5.74, 6) is -1.60. The number of ether oxygens (including phenoxy) is 11. The van der Waals surface area contributed by atoms with Gasteiger partial charge in [-0.15, -0.1) is 0 Å². The summed E-state index contributed by atoms with van der Waals surface area (Å²) in [6.45, 7) is 0.0644. The molecule has 0 spiro atoms. The fraction of sp³-hybridized carbons (Fsp3) is 0.534. The van der Waals surface area contributed by atoms with Gasteiger partial charge in [0.25, 0.3) is 22.6 Å². The average molecular weight is 2160 g/mol. The first-order valence-electron chi connectivity index (χ1n) is 43.3. The Morgan fingerprint density at radius 1 is 0.363 bits per heavy atom. The second-order valence-electron chi connectivity index (χ2n) is 33.5. The van der Waals surface area contributed by atoms with Crippen LogP contribution >= 0.6 is 39.1 Å². The number of aryl methyl sites for hydroxylation is 4. The number of aliphatic hydroxyl groups excluding tert-OH is 3. The van der Waals surface area contributed by atoms with Gasteiger partial charge in [-0.1, -0.05) is 0 Å². The highest BCUT2D eigenvalue weighted by atomic mass is 31.2. The summed E-state index contributed by atoms with van der Waals surface area (Å²) in [6, 6.07) is 5.86. The molecule has 5 unspecified atom stereocenters. The van der Waals surface area contributed by atoms with E-state index >= 15 is 4.57 Å². The van der Waals surface area contributed by atoms with Crippen molar-refractivity contribution in [2.75, 3.05) is 104 Å². The topological polar surface area (TPSA) is 911 Å². The minimum atomic E-state index is -5.95. The predicted octanol–water partition coefficient (Wildman–Crippen LogP) is -4.06. The van der Waals surface area contributed by atoms with Crippen LogP contribution in [-0.4, -0.2) is 342 Å². The Kier molecular flexibility index (Phi) is 29.4. The fourth-order valence-electron chi connectivity index (χ4n) is 17.7. The summed E-state index contributed by atoms with van der Waals surface area (Å²) in [6.07, 6.45) is -36.9. The first kappa shape index (κ1) is 105. The van der Waals surface area contributed by atoms with Crippen molar-refractivity contribution in [3.63, 3.8) is 0 Å². The second-order valence-corrected chi connectivity index (χ2v) is 40.5. The number of aromatic amines is 3. The van der Waals surface area contributed by atoms with E-state index in [1.54, 1.807) is 39.8 Å². The van der Waals surface area contributed by atoms with E-state index in [9.17, 15) is 82.0 Å². The number of hydrogen-bond donors (Lipinski definition) is 16. The lowest BCUT2D eigenvalue weighted by Gasteiger charge is -2.28. The molecule has 12 aromatic heterocycles. The number of imidazole rings is 4. The van der Waals surface area contributed by atoms with Crippen LogP contribution < -0.4 is 56.7 Å². The van der Waals surface area contributed by atoms with Crippen LogP contribution in [0.1, 0.15) is 60.1 Å². The molecule has 68 nitrogen and oxygen atoms in total. The molecule has 0 saturated carbocycles. The number of nitrogens with two attached hydrogens (primary N) is 5. The molecule has 0 radical (unpaired) electrons. The molecule has 73 heteroatoms. The average Bonchev–Trinajstić information content (AvgIpc) is 1.61. The summed E-state index contributed by atoms with van der Waals surface area (Å²) < 4.78 is 205. The van der Waals surface area contributed by atoms with Crippen LogP contribution in [0.5, 0.6) is 0 Å². The maximum absolute atomic E-state index is 15.0. The van der Waals surface area contributed by atoms with E-state index in [4.69, 9.17) is 136 Å². The number of H-pyrrole nitrogens is 3. The van der Waals surface area contributed by atoms with E-state index in [-0.39, 0.29) is 74.0 Å². The standard InChI is InChI=1S/C73H94N29O39P5/c1-26-14-28(3)101(93-26)58-38-54(88-71(89-58)102-29(4)15-27(2)94-102)97(22-79-38)62-43(105)42(104)31(132-62)17-126-142(111,112)138-45-32(133-63(50(45)122-6)95-12-10-36(74)83-72(95)109)18-128-145(117,118)141-48-35(136-67(53(48)125-9)100-25-82-41-57(100)87-70(78)92-61(41)108)21-130-144(115,116)139-46-33(134-64(51(46)123-7)96-13-11-37(75)84-73(96)110)19-129-146(119,120)140-47-34(135-66(52(47)124-8)99-24-81-40-56(99)86-69(77)91-60(40)107)20-127-143(113,114)137-44-30(16-103)131-65(49(44)121-5)98-23-80-39-55(98)85-68(76)90-59(39)106/h10-15,22-25,30-35,42-53,62-67,103-105H,16-21H2,1-9H3,(H,111,112)(H,113,114)(H,115,116)(H,117,118)(H,119,120)(H2,74,83,109)(H2,75,84,110)(H3,76,85,90,106)(H3,77,86,91,107)(H3,78,87,92,108)/t30-,31-,32-,33-,34-,35-,42-,43-,44-,45-,46-,47-,48-,49-,50-,51-,52-,53-,62-,63-,64-,65-,66-,67-/m1/s1. The lowest BCUT2D eigenvalue weighted by Crippen LogP contribution is -2.40. The SMILES string of the molecule is CO[C@@H]1[C@H](OP(=O)(O)OC[C@H]2O[C@@H](n3cnc4c(-n5nc(C)cc5C)nc(-n5nc(C)cc5C)nc43)[C@H](O)[C@@H]2O)[C@@H](COP(=O)(O)O[C@H]2[C@@H](OC)[C@H](n3cnc4c(=O)[nH]c(N)nc43)O[C@@H]2COP(=O)(O)O[C@H]2[C@@H](OC)[C@H](n3ccc(N)nc3=O)O[C@@H]2COP(=O)(O)O[C@H]2[C@@H](OC)[C@H](n3cnc4c(=O)[nH]c(N)nc43)O[C@@H]2COP(=O)(O)O[C@H]2[C@@H](OC)[C@H](n3cnc4c(=O)[nH]c(N)nc43)O[C@@H]2CO)O[C@H]1n1ccc(N)nc1=O. The molecule has 790 valence electrons. The third kappa shape index (κ3) is 20.7. The van der Waals surface area contributed by atoms with Crippen molar-refractivity contribution in [1.29, 1.82) is 0 Å². The Labute approximate surface area is 814 Å². The zero-order valence-corrected chi connectivity index (χ0v) is 81.6. The molecular formula is C73H94N29O39P5. The number of nitrogens with zero attached hydrogens (tertiary/aromatic N) is 21. The minimum absolute atomic E-state index is 0.0468. The minimum Gasteiger partial charge on any atom is -0.394 e. The van der Waals surface area contributed by atoms with Crippen LogP contribution in [0.3, 0.4) is 0 Å². The number of phosphoric acid groups is 5. The number of nitrogens with one attached hydrogen (secondary N) is 3. The molecule has 18 heterocycles. The van der Waals surface area contributed by atoms with Crippen molar-refractivity contribution >= 4 is 113 Å². The van der Waals surface area contributed by atoms with E-state index in [1.807, 2.05) is 0 Å². The molecule has 0 bridgehead atoms. The lowest BCUT2D eigenvalue weighted by atomic mass is 10.1. The number of hydrogen-bond acceptors (Lipinski definition) is 52. The van der Waals surface area contributed by atoms with Crippen LogP contribution in [0.4, 0.5) is 29.5 Å². The van der Waals surface area contributed by atoms with E-state index in [1.165, 1.54) is 24.8 Å². The summed E-state index contributed by atoms with van der Waals surface area (Å²) >= 11 is 0. The van der Waals surface area contributed by atoms with Crippen LogP contribution in [-0.2, 0) is 120 Å². The van der Waals surface area contributed by atoms with Crippen LogP contribution in [0.25, 0.3) is 56.4 Å². The summed E-state index contributed by atoms with van der Waals surface area (Å²) in [5, 5.41) is 43.0. The summed E-state index contributed by atoms with van der Waals surface area (Å²) in [4.78, 5) is 179. The van der Waals surface area contributed by atoms with Crippen molar-refractivity contribution < 1.29 is 160 Å². The van der Waals surface area contributed by atoms with Gasteiger partial charge in [0.1, 0.15) is 122 Å². The van der Waals surface area contributed by atoms with Gasteiger partial charge in [0.05, 0.1) is 76.3 Å². The monoisotopic (exact) mass is 2160 g/mol. The maximum Gasteiger partial charge on any atom is 0.472 e. The molecule has 6 aliphatic rings.